The van der Waals surface area contributed by atoms with Gasteiger partial charge in [-0.25, -0.2) is 0 Å². The molecule has 0 aromatic heterocycles. The normalized spacial score (nSPS) is 17.8. The van der Waals surface area contributed by atoms with Crippen molar-refractivity contribution in [1.29, 1.82) is 0 Å². The van der Waals surface area contributed by atoms with Crippen LogP contribution < -0.4 is 20.3 Å². The summed E-state index contributed by atoms with van der Waals surface area (Å²) in [5, 5.41) is 6.16. The second-order valence-corrected chi connectivity index (χ2v) is 28.1. The third kappa shape index (κ3) is 22.8. The molecule has 0 fully saturated rings. The van der Waals surface area contributed by atoms with Crippen LogP contribution >= 0.6 is 0 Å². The number of amides is 2. The van der Waals surface area contributed by atoms with Gasteiger partial charge in [0.25, 0.3) is 10.1 Å². The Labute approximate surface area is 550 Å². The molecule has 0 atom stereocenters. The van der Waals surface area contributed by atoms with Gasteiger partial charge < -0.3 is 20.3 Å². The maximum absolute atomic E-state index is 12.9. The molecule has 0 saturated carbocycles. The van der Waals surface area contributed by atoms with Gasteiger partial charge in [-0.2, -0.15) is 13.0 Å². The van der Waals surface area contributed by atoms with E-state index in [-0.39, 0.29) is 33.0 Å². The molecule has 498 valence electrons. The molecule has 2 aliphatic carbocycles. The Bertz CT molecular complexity index is 3760. The van der Waals surface area contributed by atoms with Crippen molar-refractivity contribution in [1.82, 2.24) is 10.6 Å². The summed E-state index contributed by atoms with van der Waals surface area (Å²) in [6.07, 6.45) is 36.6. The van der Waals surface area contributed by atoms with E-state index >= 15 is 0 Å². The second-order valence-electron chi connectivity index (χ2n) is 25.9. The van der Waals surface area contributed by atoms with Crippen LogP contribution in [0.15, 0.2) is 177 Å². The average Bonchev–Trinajstić information content (AvgIpc) is 1.60. The number of rotatable bonds is 27. The van der Waals surface area contributed by atoms with E-state index in [4.69, 9.17) is 30.0 Å². The summed E-state index contributed by atoms with van der Waals surface area (Å²) in [6, 6.07) is 21.4. The van der Waals surface area contributed by atoms with Crippen LogP contribution in [0.4, 0.5) is 11.4 Å². The molecule has 0 radical (unpaired) electrons. The minimum atomic E-state index is -4.37. The van der Waals surface area contributed by atoms with E-state index in [0.717, 1.165) is 113 Å². The lowest BCUT2D eigenvalue weighted by Crippen LogP contribution is -2.28. The van der Waals surface area contributed by atoms with Crippen molar-refractivity contribution in [2.75, 3.05) is 31.1 Å². The highest BCUT2D eigenvalue weighted by Gasteiger charge is 2.44. The topological polar surface area (TPSA) is 230 Å². The number of hydrogen-bond donors (Lipinski definition) is 3. The van der Waals surface area contributed by atoms with E-state index in [1.54, 1.807) is 18.2 Å². The number of ether oxygens (including phenoxy) is 1. The standard InChI is InChI=1S/C73H96N4O6S.2O3S/c1-12-13-49-76-64-32-19-18-31-62(64)72(8,9)66(76)44-36-57-29-24-30-58(70(57)83-59-38-40-60(41-39-59)84(80,81)82)37-45-67-73(10,11)63-51-55(4)35-43-65(63)77(67)50-22-16-17-33-68(78)74-47-20-14-15-21-48-75-69(79)52-54(3)27-23-26-53(2)34-42-61-56(5)28-25-46-71(61,6)7;2*1-4(2)3/h18-19,23,26-27,31-32,34-45,51-52H,12-17,20-22,24-25,28-30,33,46-50H2,1-11H3,(H2-,74,75,78,79,80,81,82);;/p+1/b27-23+,42-34+,53-26+,54-52+;;. The smallest absolute Gasteiger partial charge is 0.425 e. The van der Waals surface area contributed by atoms with Crippen molar-refractivity contribution in [2.45, 2.75) is 195 Å². The van der Waals surface area contributed by atoms with E-state index in [1.807, 2.05) is 19.1 Å². The van der Waals surface area contributed by atoms with Gasteiger partial charge in [0.1, 0.15) is 18.1 Å². The molecule has 3 N–H and O–H groups in total. The zero-order chi connectivity index (χ0) is 67.8. The van der Waals surface area contributed by atoms with Gasteiger partial charge in [0, 0.05) is 73.1 Å². The minimum Gasteiger partial charge on any atom is -0.457 e. The van der Waals surface area contributed by atoms with Gasteiger partial charge >= 0.3 is 21.2 Å². The SMILES string of the molecule is CCCC[N+]1=C(/C=C/C2=C(Oc3ccc(S(=O)(=O)O)cc3)C(=C/C=C3/N(CCCCCC(=O)NCCCCCCNC(=O)/C=C(C)/C=C/C=C(C)/C=C/C4=C(C)CCCC4(C)C)c4ccc(C)cc4C3(C)C)/CCC2)C(C)(C)c2ccccc21.O=S(=O)=O.O=S(=O)=O. The first-order valence-electron chi connectivity index (χ1n) is 32.2. The molecule has 2 heterocycles. The van der Waals surface area contributed by atoms with E-state index in [9.17, 15) is 22.6 Å². The van der Waals surface area contributed by atoms with E-state index < -0.39 is 31.3 Å². The molecule has 4 aliphatic rings. The number of unbranched alkanes of at least 4 members (excludes halogenated alkanes) is 6. The van der Waals surface area contributed by atoms with E-state index in [1.165, 1.54) is 87.6 Å². The third-order valence-corrected chi connectivity index (χ3v) is 18.3. The van der Waals surface area contributed by atoms with Crippen LogP contribution in [0.3, 0.4) is 0 Å². The number of para-hydroxylation sites is 1. The van der Waals surface area contributed by atoms with Crippen LogP contribution in [0.2, 0.25) is 0 Å². The molecule has 2 aliphatic heterocycles. The van der Waals surface area contributed by atoms with Gasteiger partial charge in [-0.1, -0.05) is 144 Å². The fourth-order valence-electron chi connectivity index (χ4n) is 12.5. The summed E-state index contributed by atoms with van der Waals surface area (Å²) in [5.74, 6) is 1.27. The third-order valence-electron chi connectivity index (χ3n) is 17.4. The predicted molar refractivity (Wildman–Crippen MR) is 367 cm³/mol. The van der Waals surface area contributed by atoms with Gasteiger partial charge in [0.15, 0.2) is 5.71 Å². The van der Waals surface area contributed by atoms with Crippen LogP contribution in [0.5, 0.6) is 5.75 Å². The predicted octanol–water partition coefficient (Wildman–Crippen LogP) is 15.0. The Kier molecular flexibility index (Phi) is 29.2. The Morgan fingerprint density at radius 1 is 0.717 bits per heavy atom. The number of carbonyl (C=O) groups excluding carboxylic acids is 2. The van der Waals surface area contributed by atoms with Gasteiger partial charge in [0.05, 0.1) is 10.3 Å². The largest absolute Gasteiger partial charge is 0.457 e. The molecular weight excluding hydrogens is 1220 g/mol. The number of nitrogens with one attached hydrogen (secondary N) is 2. The molecule has 92 heavy (non-hydrogen) atoms. The Morgan fingerprint density at radius 3 is 2.04 bits per heavy atom. The van der Waals surface area contributed by atoms with Gasteiger partial charge in [-0.3, -0.25) is 14.1 Å². The van der Waals surface area contributed by atoms with Crippen LogP contribution in [0.25, 0.3) is 0 Å². The molecule has 16 nitrogen and oxygen atoms in total. The average molecular weight is 1320 g/mol. The number of anilines is 1. The second kappa shape index (κ2) is 35.6. The van der Waals surface area contributed by atoms with Gasteiger partial charge in [0.2, 0.25) is 17.5 Å². The number of benzene rings is 3. The molecular formula is C73H97N4O12S3+. The number of carbonyl (C=O) groups is 2. The number of hydrogen-bond acceptors (Lipinski definition) is 12. The molecule has 0 bridgehead atoms. The highest BCUT2D eigenvalue weighted by molar-refractivity contribution is 7.85. The molecule has 19 heteroatoms. The zero-order valence-electron chi connectivity index (χ0n) is 55.8. The molecule has 0 unspecified atom stereocenters. The number of nitrogens with zero attached hydrogens (tertiary/aromatic N) is 2. The van der Waals surface area contributed by atoms with E-state index in [2.05, 4.69) is 174 Å². The molecule has 3 aromatic rings. The lowest BCUT2D eigenvalue weighted by atomic mass is 9.72. The summed E-state index contributed by atoms with van der Waals surface area (Å²) < 4.78 is 93.7. The van der Waals surface area contributed by atoms with Crippen molar-refractivity contribution >= 4 is 60.2 Å². The summed E-state index contributed by atoms with van der Waals surface area (Å²) >= 11 is 0. The molecule has 2 amide bonds. The maximum atomic E-state index is 12.9. The molecule has 0 spiro atoms. The monoisotopic (exact) mass is 1320 g/mol. The van der Waals surface area contributed by atoms with Crippen LogP contribution in [-0.2, 0) is 51.8 Å². The first-order valence-corrected chi connectivity index (χ1v) is 35.6. The molecule has 0 saturated heterocycles. The lowest BCUT2D eigenvalue weighted by Gasteiger charge is -2.32. The highest BCUT2D eigenvalue weighted by atomic mass is 32.2. The zero-order valence-corrected chi connectivity index (χ0v) is 58.3. The number of allylic oxidation sites excluding steroid dienone is 16. The number of fused-ring (bicyclic) bond motifs is 2. The number of aryl methyl sites for hydroxylation is 1. The summed E-state index contributed by atoms with van der Waals surface area (Å²) in [4.78, 5) is 27.8. The van der Waals surface area contributed by atoms with Crippen molar-refractivity contribution in [3.63, 3.8) is 0 Å². The van der Waals surface area contributed by atoms with Crippen molar-refractivity contribution in [3.8, 4) is 5.75 Å². The van der Waals surface area contributed by atoms with Crippen molar-refractivity contribution in [2.24, 2.45) is 5.41 Å². The Hall–Kier alpha value is -7.32. The van der Waals surface area contributed by atoms with Crippen LogP contribution in [-0.4, -0.2) is 86.5 Å². The van der Waals surface area contributed by atoms with Gasteiger partial charge in [-0.15, -0.1) is 25.3 Å². The Morgan fingerprint density at radius 2 is 1.38 bits per heavy atom. The summed E-state index contributed by atoms with van der Waals surface area (Å²) in [7, 11) is -10.6. The summed E-state index contributed by atoms with van der Waals surface area (Å²) in [6.45, 7) is 27.6. The maximum Gasteiger partial charge on any atom is 0.425 e. The van der Waals surface area contributed by atoms with Crippen LogP contribution in [0, 0.1) is 12.3 Å². The summed E-state index contributed by atoms with van der Waals surface area (Å²) in [5.41, 5.74) is 15.6. The van der Waals surface area contributed by atoms with Crippen molar-refractivity contribution < 1.29 is 57.1 Å². The van der Waals surface area contributed by atoms with E-state index in [0.29, 0.717) is 25.3 Å². The van der Waals surface area contributed by atoms with Crippen LogP contribution in [0.1, 0.15) is 189 Å². The van der Waals surface area contributed by atoms with Crippen molar-refractivity contribution in [3.05, 3.63) is 189 Å². The first-order chi connectivity index (χ1) is 43.5. The highest BCUT2D eigenvalue weighted by Crippen LogP contribution is 2.49. The fourth-order valence-corrected chi connectivity index (χ4v) is 13.0. The first kappa shape index (κ1) is 75.4. The molecule has 3 aromatic carbocycles. The Balaban J connectivity index is 0.00000181. The molecule has 7 rings (SSSR count). The quantitative estimate of drug-likeness (QED) is 0.0212. The van der Waals surface area contributed by atoms with Gasteiger partial charge in [-0.05, 0) is 182 Å². The fraction of sp³-hybridized carbons (Fsp3) is 0.466. The lowest BCUT2D eigenvalue weighted by molar-refractivity contribution is -0.438. The minimum absolute atomic E-state index is 0.0742.